The largest absolute Gasteiger partial charge is 0.494 e. The zero-order chi connectivity index (χ0) is 29.4. The molecule has 2 aromatic carbocycles. The zero-order valence-corrected chi connectivity index (χ0v) is 24.6. The number of carbonyl (C=O) groups excluding carboxylic acids is 2. The van der Waals surface area contributed by atoms with Crippen LogP contribution in [0.3, 0.4) is 0 Å². The van der Waals surface area contributed by atoms with Crippen molar-refractivity contribution < 1.29 is 23.8 Å². The van der Waals surface area contributed by atoms with Crippen molar-refractivity contribution in [3.8, 4) is 40.6 Å². The SMILES string of the molecule is C=CC(=O)OCCCCCCOc1ccc(-c2ccc(C(=O)OCCCCC#CC#CCCCCCC)cc2)cc1. The summed E-state index contributed by atoms with van der Waals surface area (Å²) < 4.78 is 16.2. The van der Waals surface area contributed by atoms with E-state index in [1.807, 2.05) is 36.4 Å². The van der Waals surface area contributed by atoms with Crippen LogP contribution >= 0.6 is 0 Å². The molecular weight excluding hydrogens is 512 g/mol. The summed E-state index contributed by atoms with van der Waals surface area (Å²) in [6.07, 6.45) is 13.2. The van der Waals surface area contributed by atoms with E-state index in [1.54, 1.807) is 12.1 Å². The van der Waals surface area contributed by atoms with Crippen LogP contribution in [-0.4, -0.2) is 31.8 Å². The highest BCUT2D eigenvalue weighted by molar-refractivity contribution is 5.90. The fourth-order valence-electron chi connectivity index (χ4n) is 3.94. The average molecular weight is 557 g/mol. The minimum atomic E-state index is -0.372. The predicted molar refractivity (Wildman–Crippen MR) is 165 cm³/mol. The first kappa shape index (κ1) is 33.2. The molecule has 0 aliphatic carbocycles. The van der Waals surface area contributed by atoms with E-state index in [1.165, 1.54) is 25.3 Å². The lowest BCUT2D eigenvalue weighted by atomic mass is 10.0. The van der Waals surface area contributed by atoms with Crippen molar-refractivity contribution in [3.63, 3.8) is 0 Å². The highest BCUT2D eigenvalue weighted by atomic mass is 16.5. The van der Waals surface area contributed by atoms with Crippen LogP contribution in [0.15, 0.2) is 61.2 Å². The summed E-state index contributed by atoms with van der Waals surface area (Å²) in [7, 11) is 0. The maximum absolute atomic E-state index is 12.4. The number of rotatable bonds is 19. The first-order valence-electron chi connectivity index (χ1n) is 14.9. The number of unbranched alkanes of at least 4 members (excludes halogenated alkanes) is 9. The standard InChI is InChI=1S/C36H44O5/c1-3-5-6-7-8-9-10-11-12-13-14-19-30-41-36(38)33-22-20-31(21-23-33)32-24-26-34(27-25-32)39-28-17-15-16-18-29-40-35(37)4-2/h4,20-27H,2-3,5-8,13-19,28-30H2,1H3. The lowest BCUT2D eigenvalue weighted by Gasteiger charge is -2.08. The smallest absolute Gasteiger partial charge is 0.338 e. The lowest BCUT2D eigenvalue weighted by Crippen LogP contribution is -2.06. The second kappa shape index (κ2) is 21.8. The summed E-state index contributed by atoms with van der Waals surface area (Å²) in [5, 5.41) is 0. The third kappa shape index (κ3) is 15.4. The van der Waals surface area contributed by atoms with Crippen LogP contribution in [0.25, 0.3) is 11.1 Å². The molecule has 0 saturated heterocycles. The van der Waals surface area contributed by atoms with E-state index >= 15 is 0 Å². The number of hydrogen-bond donors (Lipinski definition) is 0. The highest BCUT2D eigenvalue weighted by Crippen LogP contribution is 2.23. The number of benzene rings is 2. The molecule has 0 amide bonds. The molecule has 218 valence electrons. The van der Waals surface area contributed by atoms with E-state index in [4.69, 9.17) is 14.2 Å². The Hall–Kier alpha value is -3.96. The quantitative estimate of drug-likeness (QED) is 0.0753. The molecule has 2 rings (SSSR count). The van der Waals surface area contributed by atoms with Gasteiger partial charge >= 0.3 is 11.9 Å². The minimum Gasteiger partial charge on any atom is -0.494 e. The third-order valence-corrected chi connectivity index (χ3v) is 6.35. The van der Waals surface area contributed by atoms with Crippen molar-refractivity contribution in [1.29, 1.82) is 0 Å². The summed E-state index contributed by atoms with van der Waals surface area (Å²) >= 11 is 0. The molecule has 41 heavy (non-hydrogen) atoms. The van der Waals surface area contributed by atoms with Crippen LogP contribution in [0.1, 0.15) is 94.3 Å². The minimum absolute atomic E-state index is 0.307. The molecule has 0 saturated carbocycles. The van der Waals surface area contributed by atoms with Gasteiger partial charge in [-0.25, -0.2) is 9.59 Å². The molecule has 0 fully saturated rings. The molecule has 0 bridgehead atoms. The molecule has 0 radical (unpaired) electrons. The molecule has 2 aromatic rings. The van der Waals surface area contributed by atoms with Crippen LogP contribution < -0.4 is 4.74 Å². The van der Waals surface area contributed by atoms with Gasteiger partial charge in [-0.2, -0.15) is 0 Å². The molecule has 0 heterocycles. The van der Waals surface area contributed by atoms with Crippen molar-refractivity contribution >= 4 is 11.9 Å². The third-order valence-electron chi connectivity index (χ3n) is 6.35. The van der Waals surface area contributed by atoms with Crippen molar-refractivity contribution in [1.82, 2.24) is 0 Å². The Balaban J connectivity index is 1.60. The molecule has 0 aliphatic rings. The highest BCUT2D eigenvalue weighted by Gasteiger charge is 2.07. The summed E-state index contributed by atoms with van der Waals surface area (Å²) in [6.45, 7) is 7.04. The monoisotopic (exact) mass is 556 g/mol. The first-order valence-corrected chi connectivity index (χ1v) is 14.9. The van der Waals surface area contributed by atoms with Crippen LogP contribution in [-0.2, 0) is 14.3 Å². The van der Waals surface area contributed by atoms with Gasteiger partial charge in [-0.3, -0.25) is 0 Å². The van der Waals surface area contributed by atoms with Crippen LogP contribution in [0, 0.1) is 23.7 Å². The van der Waals surface area contributed by atoms with Crippen LogP contribution in [0.4, 0.5) is 0 Å². The van der Waals surface area contributed by atoms with Gasteiger partial charge in [0.05, 0.1) is 25.4 Å². The van der Waals surface area contributed by atoms with E-state index in [0.29, 0.717) is 25.4 Å². The Bertz CT molecular complexity index is 1160. The molecule has 0 unspecified atom stereocenters. The second-order valence-electron chi connectivity index (χ2n) is 9.74. The molecule has 0 atom stereocenters. The second-order valence-corrected chi connectivity index (χ2v) is 9.74. The summed E-state index contributed by atoms with van der Waals surface area (Å²) in [5.41, 5.74) is 2.61. The fourth-order valence-corrected chi connectivity index (χ4v) is 3.94. The Kier molecular flexibility index (Phi) is 17.7. The maximum Gasteiger partial charge on any atom is 0.338 e. The van der Waals surface area contributed by atoms with E-state index < -0.39 is 0 Å². The van der Waals surface area contributed by atoms with E-state index in [9.17, 15) is 9.59 Å². The Labute approximate surface area is 246 Å². The Morgan fingerprint density at radius 3 is 1.85 bits per heavy atom. The summed E-state index contributed by atoms with van der Waals surface area (Å²) in [5.74, 6) is 12.1. The van der Waals surface area contributed by atoms with Gasteiger partial charge in [-0.1, -0.05) is 68.9 Å². The Morgan fingerprint density at radius 1 is 0.683 bits per heavy atom. The topological polar surface area (TPSA) is 61.8 Å². The average Bonchev–Trinajstić information content (AvgIpc) is 3.01. The molecule has 0 aromatic heterocycles. The normalized spacial score (nSPS) is 9.98. The van der Waals surface area contributed by atoms with Gasteiger partial charge in [0.2, 0.25) is 0 Å². The molecular formula is C36H44O5. The van der Waals surface area contributed by atoms with Crippen LogP contribution in [0.2, 0.25) is 0 Å². The van der Waals surface area contributed by atoms with Gasteiger partial charge in [0.15, 0.2) is 0 Å². The van der Waals surface area contributed by atoms with E-state index in [-0.39, 0.29) is 11.9 Å². The molecule has 5 heteroatoms. The van der Waals surface area contributed by atoms with Crippen LogP contribution in [0.5, 0.6) is 5.75 Å². The molecule has 0 aliphatic heterocycles. The summed E-state index contributed by atoms with van der Waals surface area (Å²) in [6, 6.07) is 15.4. The van der Waals surface area contributed by atoms with Gasteiger partial charge in [-0.15, -0.1) is 0 Å². The van der Waals surface area contributed by atoms with E-state index in [2.05, 4.69) is 37.2 Å². The number of esters is 2. The van der Waals surface area contributed by atoms with Gasteiger partial charge in [0, 0.05) is 18.9 Å². The number of ether oxygens (including phenoxy) is 3. The van der Waals surface area contributed by atoms with Gasteiger partial charge < -0.3 is 14.2 Å². The molecule has 0 spiro atoms. The van der Waals surface area contributed by atoms with E-state index in [0.717, 1.165) is 74.7 Å². The number of hydrogen-bond acceptors (Lipinski definition) is 5. The van der Waals surface area contributed by atoms with Crippen molar-refractivity contribution in [2.45, 2.75) is 84.0 Å². The van der Waals surface area contributed by atoms with Crippen molar-refractivity contribution in [2.75, 3.05) is 19.8 Å². The Morgan fingerprint density at radius 2 is 1.22 bits per heavy atom. The van der Waals surface area contributed by atoms with Crippen molar-refractivity contribution in [3.05, 3.63) is 66.7 Å². The lowest BCUT2D eigenvalue weighted by molar-refractivity contribution is -0.137. The fraction of sp³-hybridized carbons (Fsp3) is 0.444. The van der Waals surface area contributed by atoms with Gasteiger partial charge in [0.25, 0.3) is 0 Å². The first-order chi connectivity index (χ1) is 20.1. The predicted octanol–water partition coefficient (Wildman–Crippen LogP) is 8.33. The summed E-state index contributed by atoms with van der Waals surface area (Å²) in [4.78, 5) is 23.4. The maximum atomic E-state index is 12.4. The number of carbonyl (C=O) groups is 2. The zero-order valence-electron chi connectivity index (χ0n) is 24.6. The van der Waals surface area contributed by atoms with Gasteiger partial charge in [-0.05, 0) is 92.2 Å². The van der Waals surface area contributed by atoms with Gasteiger partial charge in [0.1, 0.15) is 5.75 Å². The molecule has 5 nitrogen and oxygen atoms in total. The molecule has 0 N–H and O–H groups in total. The van der Waals surface area contributed by atoms with Crippen molar-refractivity contribution in [2.24, 2.45) is 0 Å².